The highest BCUT2D eigenvalue weighted by molar-refractivity contribution is 5.96. The fourth-order valence-corrected chi connectivity index (χ4v) is 3.54. The van der Waals surface area contributed by atoms with Crippen molar-refractivity contribution >= 4 is 11.8 Å². The van der Waals surface area contributed by atoms with Gasteiger partial charge in [0.25, 0.3) is 0 Å². The van der Waals surface area contributed by atoms with Crippen LogP contribution in [0.4, 0.5) is 0 Å². The van der Waals surface area contributed by atoms with Crippen molar-refractivity contribution < 1.29 is 9.59 Å². The molecule has 0 bridgehead atoms. The molecule has 3 rings (SSSR count). The van der Waals surface area contributed by atoms with Crippen LogP contribution in [0.2, 0.25) is 0 Å². The number of carbonyl (C=O) groups excluding carboxylic acids is 2. The van der Waals surface area contributed by atoms with Crippen LogP contribution in [0.5, 0.6) is 0 Å². The molecule has 1 aromatic rings. The summed E-state index contributed by atoms with van der Waals surface area (Å²) in [5.74, 6) is 0.0503. The molecule has 0 aromatic heterocycles. The molecule has 1 aliphatic heterocycles. The summed E-state index contributed by atoms with van der Waals surface area (Å²) in [5, 5.41) is 2.82. The Labute approximate surface area is 125 Å². The fraction of sp³-hybridized carbons (Fsp3) is 0.529. The molecule has 3 unspecified atom stereocenters. The van der Waals surface area contributed by atoms with E-state index in [-0.39, 0.29) is 29.9 Å². The van der Waals surface area contributed by atoms with Crippen LogP contribution in [0, 0.1) is 0 Å². The Balaban J connectivity index is 1.85. The van der Waals surface area contributed by atoms with E-state index < -0.39 is 0 Å². The standard InChI is InChI=1S/C17H22N2O2/c1-3-15-17(21)19(11(2)16(20)18-15)14-9-8-12-6-4-5-7-13(12)10-14/h4-7,11,14-15H,3,8-10H2,1-2H3,(H,18,20). The normalized spacial score (nSPS) is 29.0. The molecule has 112 valence electrons. The molecule has 0 spiro atoms. The lowest BCUT2D eigenvalue weighted by Gasteiger charge is -2.43. The van der Waals surface area contributed by atoms with Gasteiger partial charge >= 0.3 is 0 Å². The third-order valence-electron chi connectivity index (χ3n) is 4.79. The van der Waals surface area contributed by atoms with E-state index in [9.17, 15) is 9.59 Å². The first-order chi connectivity index (χ1) is 10.1. The molecule has 1 fully saturated rings. The number of nitrogens with zero attached hydrogens (tertiary/aromatic N) is 1. The van der Waals surface area contributed by atoms with Crippen LogP contribution in [-0.4, -0.2) is 34.8 Å². The number of rotatable bonds is 2. The lowest BCUT2D eigenvalue weighted by Crippen LogP contribution is -2.65. The van der Waals surface area contributed by atoms with Crippen molar-refractivity contribution in [1.82, 2.24) is 10.2 Å². The van der Waals surface area contributed by atoms with Crippen LogP contribution >= 0.6 is 0 Å². The SMILES string of the molecule is CCC1NC(=O)C(C)N(C2CCc3ccccc3C2)C1=O. The van der Waals surface area contributed by atoms with Crippen molar-refractivity contribution in [3.05, 3.63) is 35.4 Å². The Morgan fingerprint density at radius 1 is 1.24 bits per heavy atom. The minimum Gasteiger partial charge on any atom is -0.343 e. The summed E-state index contributed by atoms with van der Waals surface area (Å²) in [5.41, 5.74) is 2.69. The Morgan fingerprint density at radius 2 is 1.95 bits per heavy atom. The summed E-state index contributed by atoms with van der Waals surface area (Å²) >= 11 is 0. The zero-order valence-electron chi connectivity index (χ0n) is 12.6. The minimum absolute atomic E-state index is 0.0275. The van der Waals surface area contributed by atoms with Gasteiger partial charge in [0.1, 0.15) is 12.1 Å². The maximum absolute atomic E-state index is 12.6. The number of amides is 2. The molecule has 1 aliphatic carbocycles. The van der Waals surface area contributed by atoms with E-state index in [4.69, 9.17) is 0 Å². The predicted molar refractivity (Wildman–Crippen MR) is 80.8 cm³/mol. The van der Waals surface area contributed by atoms with Crippen molar-refractivity contribution in [2.75, 3.05) is 0 Å². The lowest BCUT2D eigenvalue weighted by atomic mass is 9.86. The van der Waals surface area contributed by atoms with Gasteiger partial charge < -0.3 is 10.2 Å². The molecule has 4 nitrogen and oxygen atoms in total. The quantitative estimate of drug-likeness (QED) is 0.899. The topological polar surface area (TPSA) is 49.4 Å². The summed E-state index contributed by atoms with van der Waals surface area (Å²) in [4.78, 5) is 26.6. The maximum atomic E-state index is 12.6. The number of nitrogens with one attached hydrogen (secondary N) is 1. The Kier molecular flexibility index (Phi) is 3.70. The Morgan fingerprint density at radius 3 is 2.67 bits per heavy atom. The van der Waals surface area contributed by atoms with E-state index in [0.717, 1.165) is 19.3 Å². The van der Waals surface area contributed by atoms with Gasteiger partial charge in [-0.2, -0.15) is 0 Å². The molecule has 4 heteroatoms. The van der Waals surface area contributed by atoms with Crippen LogP contribution in [0.25, 0.3) is 0 Å². The third-order valence-corrected chi connectivity index (χ3v) is 4.79. The largest absolute Gasteiger partial charge is 0.343 e. The number of fused-ring (bicyclic) bond motifs is 1. The van der Waals surface area contributed by atoms with Crippen LogP contribution in [-0.2, 0) is 22.4 Å². The second-order valence-corrected chi connectivity index (χ2v) is 6.06. The van der Waals surface area contributed by atoms with Gasteiger partial charge in [-0.25, -0.2) is 0 Å². The summed E-state index contributed by atoms with van der Waals surface area (Å²) < 4.78 is 0. The van der Waals surface area contributed by atoms with Gasteiger partial charge in [0.15, 0.2) is 0 Å². The van der Waals surface area contributed by atoms with Gasteiger partial charge in [0.2, 0.25) is 11.8 Å². The van der Waals surface area contributed by atoms with Crippen molar-refractivity contribution in [3.8, 4) is 0 Å². The molecule has 0 radical (unpaired) electrons. The first-order valence-corrected chi connectivity index (χ1v) is 7.81. The van der Waals surface area contributed by atoms with Crippen LogP contribution in [0.3, 0.4) is 0 Å². The minimum atomic E-state index is -0.365. The van der Waals surface area contributed by atoms with Gasteiger partial charge in [-0.15, -0.1) is 0 Å². The number of hydrogen-bond acceptors (Lipinski definition) is 2. The second kappa shape index (κ2) is 5.51. The number of hydrogen-bond donors (Lipinski definition) is 1. The van der Waals surface area contributed by atoms with Crippen LogP contribution in [0.15, 0.2) is 24.3 Å². The first kappa shape index (κ1) is 14.1. The second-order valence-electron chi connectivity index (χ2n) is 6.06. The summed E-state index contributed by atoms with van der Waals surface area (Å²) in [6.45, 7) is 3.77. The highest BCUT2D eigenvalue weighted by atomic mass is 16.2. The van der Waals surface area contributed by atoms with E-state index in [0.29, 0.717) is 6.42 Å². The highest BCUT2D eigenvalue weighted by Gasteiger charge is 2.41. The number of aryl methyl sites for hydroxylation is 1. The highest BCUT2D eigenvalue weighted by Crippen LogP contribution is 2.27. The fourth-order valence-electron chi connectivity index (χ4n) is 3.54. The average Bonchev–Trinajstić information content (AvgIpc) is 2.51. The summed E-state index contributed by atoms with van der Waals surface area (Å²) in [7, 11) is 0. The van der Waals surface area contributed by atoms with E-state index in [1.54, 1.807) is 0 Å². The average molecular weight is 286 g/mol. The van der Waals surface area contributed by atoms with Crippen LogP contribution in [0.1, 0.15) is 37.8 Å². The molecule has 2 amide bonds. The van der Waals surface area contributed by atoms with Crippen molar-refractivity contribution in [2.24, 2.45) is 0 Å². The molecule has 2 aliphatic rings. The van der Waals surface area contributed by atoms with Gasteiger partial charge in [0, 0.05) is 6.04 Å². The lowest BCUT2D eigenvalue weighted by molar-refractivity contribution is -0.151. The van der Waals surface area contributed by atoms with Crippen molar-refractivity contribution in [3.63, 3.8) is 0 Å². The number of piperazine rings is 1. The van der Waals surface area contributed by atoms with Crippen LogP contribution < -0.4 is 5.32 Å². The first-order valence-electron chi connectivity index (χ1n) is 7.81. The molecular weight excluding hydrogens is 264 g/mol. The molecular formula is C17H22N2O2. The molecule has 0 saturated carbocycles. The van der Waals surface area contributed by atoms with Gasteiger partial charge in [-0.3, -0.25) is 9.59 Å². The number of benzene rings is 1. The zero-order valence-corrected chi connectivity index (χ0v) is 12.6. The summed E-state index contributed by atoms with van der Waals surface area (Å²) in [6.07, 6.45) is 3.43. The van der Waals surface area contributed by atoms with E-state index in [2.05, 4.69) is 23.5 Å². The molecule has 1 heterocycles. The van der Waals surface area contributed by atoms with Gasteiger partial charge in [0.05, 0.1) is 0 Å². The monoisotopic (exact) mass is 286 g/mol. The third kappa shape index (κ3) is 2.43. The van der Waals surface area contributed by atoms with Gasteiger partial charge in [-0.05, 0) is 43.7 Å². The molecule has 1 aromatic carbocycles. The van der Waals surface area contributed by atoms with E-state index in [1.165, 1.54) is 11.1 Å². The van der Waals surface area contributed by atoms with Crippen molar-refractivity contribution in [1.29, 1.82) is 0 Å². The van der Waals surface area contributed by atoms with Gasteiger partial charge in [-0.1, -0.05) is 31.2 Å². The predicted octanol–water partition coefficient (Wildman–Crippen LogP) is 1.67. The Bertz CT molecular complexity index is 570. The maximum Gasteiger partial charge on any atom is 0.246 e. The van der Waals surface area contributed by atoms with E-state index in [1.807, 2.05) is 24.8 Å². The smallest absolute Gasteiger partial charge is 0.246 e. The molecule has 1 saturated heterocycles. The number of carbonyl (C=O) groups is 2. The van der Waals surface area contributed by atoms with Crippen molar-refractivity contribution in [2.45, 2.75) is 57.7 Å². The molecule has 3 atom stereocenters. The molecule has 1 N–H and O–H groups in total. The van der Waals surface area contributed by atoms with E-state index >= 15 is 0 Å². The summed E-state index contributed by atoms with van der Waals surface area (Å²) in [6, 6.07) is 7.83. The zero-order chi connectivity index (χ0) is 15.0. The Hall–Kier alpha value is -1.84. The molecule has 21 heavy (non-hydrogen) atoms.